The second-order valence-electron chi connectivity index (χ2n) is 6.60. The minimum Gasteiger partial charge on any atom is -0.481 e. The van der Waals surface area contributed by atoms with Crippen molar-refractivity contribution in [2.24, 2.45) is 5.92 Å². The quantitative estimate of drug-likeness (QED) is 0.704. The Morgan fingerprint density at radius 3 is 2.57 bits per heavy atom. The van der Waals surface area contributed by atoms with Crippen molar-refractivity contribution >= 4 is 11.9 Å². The van der Waals surface area contributed by atoms with Crippen molar-refractivity contribution in [3.8, 4) is 0 Å². The van der Waals surface area contributed by atoms with Crippen molar-refractivity contribution in [3.05, 3.63) is 35.9 Å². The second-order valence-corrected chi connectivity index (χ2v) is 6.60. The summed E-state index contributed by atoms with van der Waals surface area (Å²) in [7, 11) is 0. The van der Waals surface area contributed by atoms with Crippen molar-refractivity contribution in [2.75, 3.05) is 0 Å². The molecule has 126 valence electrons. The van der Waals surface area contributed by atoms with Crippen LogP contribution in [-0.4, -0.2) is 27.9 Å². The van der Waals surface area contributed by atoms with Crippen LogP contribution in [0.3, 0.4) is 0 Å². The number of likely N-dealkylation sites (tertiary alicyclic amines) is 1. The van der Waals surface area contributed by atoms with Crippen LogP contribution in [0, 0.1) is 5.92 Å². The van der Waals surface area contributed by atoms with Gasteiger partial charge in [0.15, 0.2) is 0 Å². The fraction of sp³-hybridized carbons (Fsp3) is 0.579. The molecule has 2 atom stereocenters. The van der Waals surface area contributed by atoms with E-state index in [2.05, 4.69) is 19.1 Å². The number of carbonyl (C=O) groups is 2. The van der Waals surface area contributed by atoms with E-state index in [-0.39, 0.29) is 12.3 Å². The Morgan fingerprint density at radius 1 is 1.17 bits per heavy atom. The lowest BCUT2D eigenvalue weighted by Crippen LogP contribution is -2.34. The molecular weight excluding hydrogens is 290 g/mol. The second kappa shape index (κ2) is 8.70. The van der Waals surface area contributed by atoms with Crippen LogP contribution in [0.5, 0.6) is 0 Å². The Kier molecular flexibility index (Phi) is 6.63. The maximum atomic E-state index is 12.3. The molecule has 2 rings (SSSR count). The van der Waals surface area contributed by atoms with Gasteiger partial charge in [0.1, 0.15) is 0 Å². The standard InChI is InChI=1S/C19H27NO3/c1-15-13-18(21)20(14-16-9-5-4-6-10-16)17(15)11-7-2-3-8-12-19(22)23/h4-6,9-10,15,17H,2-3,7-8,11-14H2,1H3,(H,22,23). The number of carboxylic acid groups (broad SMARTS) is 1. The van der Waals surface area contributed by atoms with E-state index in [4.69, 9.17) is 5.11 Å². The molecule has 1 saturated heterocycles. The molecule has 1 aromatic carbocycles. The highest BCUT2D eigenvalue weighted by molar-refractivity contribution is 5.79. The van der Waals surface area contributed by atoms with E-state index in [1.165, 1.54) is 5.56 Å². The minimum atomic E-state index is -0.714. The summed E-state index contributed by atoms with van der Waals surface area (Å²) >= 11 is 0. The van der Waals surface area contributed by atoms with Crippen LogP contribution in [0.2, 0.25) is 0 Å². The fourth-order valence-electron chi connectivity index (χ4n) is 3.43. The van der Waals surface area contributed by atoms with E-state index in [0.29, 0.717) is 24.9 Å². The number of aliphatic carboxylic acids is 1. The molecule has 4 nitrogen and oxygen atoms in total. The molecule has 1 amide bonds. The number of rotatable bonds is 9. The molecule has 0 aliphatic carbocycles. The van der Waals surface area contributed by atoms with Gasteiger partial charge in [-0.3, -0.25) is 9.59 Å². The van der Waals surface area contributed by atoms with E-state index >= 15 is 0 Å². The van der Waals surface area contributed by atoms with Gasteiger partial charge >= 0.3 is 5.97 Å². The number of hydrogen-bond donors (Lipinski definition) is 1. The number of benzene rings is 1. The van der Waals surface area contributed by atoms with Crippen LogP contribution in [-0.2, 0) is 16.1 Å². The summed E-state index contributed by atoms with van der Waals surface area (Å²) < 4.78 is 0. The first kappa shape index (κ1) is 17.5. The van der Waals surface area contributed by atoms with E-state index in [9.17, 15) is 9.59 Å². The molecule has 4 heteroatoms. The van der Waals surface area contributed by atoms with Crippen molar-refractivity contribution < 1.29 is 14.7 Å². The number of nitrogens with zero attached hydrogens (tertiary/aromatic N) is 1. The van der Waals surface area contributed by atoms with Gasteiger partial charge < -0.3 is 10.0 Å². The number of amides is 1. The van der Waals surface area contributed by atoms with Crippen molar-refractivity contribution in [2.45, 2.75) is 64.5 Å². The molecule has 1 fully saturated rings. The van der Waals surface area contributed by atoms with Crippen LogP contribution in [0.4, 0.5) is 0 Å². The highest BCUT2D eigenvalue weighted by atomic mass is 16.4. The molecular formula is C19H27NO3. The van der Waals surface area contributed by atoms with Crippen LogP contribution >= 0.6 is 0 Å². The summed E-state index contributed by atoms with van der Waals surface area (Å²) in [5, 5.41) is 8.64. The van der Waals surface area contributed by atoms with Gasteiger partial charge in [0.05, 0.1) is 0 Å². The minimum absolute atomic E-state index is 0.261. The third-order valence-corrected chi connectivity index (χ3v) is 4.71. The first-order chi connectivity index (χ1) is 11.1. The average molecular weight is 317 g/mol. The zero-order chi connectivity index (χ0) is 16.7. The molecule has 1 N–H and O–H groups in total. The van der Waals surface area contributed by atoms with Crippen LogP contribution in [0.25, 0.3) is 0 Å². The van der Waals surface area contributed by atoms with Crippen molar-refractivity contribution in [1.82, 2.24) is 4.90 Å². The fourth-order valence-corrected chi connectivity index (χ4v) is 3.43. The highest BCUT2D eigenvalue weighted by Gasteiger charge is 2.36. The van der Waals surface area contributed by atoms with Crippen LogP contribution in [0.15, 0.2) is 30.3 Å². The van der Waals surface area contributed by atoms with Gasteiger partial charge in [0.2, 0.25) is 5.91 Å². The topological polar surface area (TPSA) is 57.6 Å². The normalized spacial score (nSPS) is 20.9. The predicted octanol–water partition coefficient (Wildman–Crippen LogP) is 3.85. The largest absolute Gasteiger partial charge is 0.481 e. The highest BCUT2D eigenvalue weighted by Crippen LogP contribution is 2.30. The lowest BCUT2D eigenvalue weighted by atomic mass is 9.96. The van der Waals surface area contributed by atoms with Gasteiger partial charge in [-0.1, -0.05) is 56.5 Å². The SMILES string of the molecule is CC1CC(=O)N(Cc2ccccc2)C1CCCCCCC(=O)O. The summed E-state index contributed by atoms with van der Waals surface area (Å²) in [5.74, 6) is -0.0449. The predicted molar refractivity (Wildman–Crippen MR) is 89.9 cm³/mol. The zero-order valence-corrected chi connectivity index (χ0v) is 13.9. The van der Waals surface area contributed by atoms with E-state index in [1.807, 2.05) is 23.1 Å². The molecule has 0 bridgehead atoms. The molecule has 1 aliphatic rings. The third kappa shape index (κ3) is 5.38. The Bertz CT molecular complexity index is 515. The van der Waals surface area contributed by atoms with E-state index in [0.717, 1.165) is 32.1 Å². The molecule has 1 aromatic rings. The Morgan fingerprint density at radius 2 is 1.87 bits per heavy atom. The van der Waals surface area contributed by atoms with Crippen molar-refractivity contribution in [1.29, 1.82) is 0 Å². The van der Waals surface area contributed by atoms with Gasteiger partial charge in [-0.05, 0) is 24.3 Å². The van der Waals surface area contributed by atoms with Gasteiger partial charge in [-0.2, -0.15) is 0 Å². The third-order valence-electron chi connectivity index (χ3n) is 4.71. The summed E-state index contributed by atoms with van der Waals surface area (Å²) in [6.07, 6.45) is 5.75. The monoisotopic (exact) mass is 317 g/mol. The summed E-state index contributed by atoms with van der Waals surface area (Å²) in [6, 6.07) is 10.5. The summed E-state index contributed by atoms with van der Waals surface area (Å²) in [5.41, 5.74) is 1.18. The molecule has 23 heavy (non-hydrogen) atoms. The maximum absolute atomic E-state index is 12.3. The molecule has 1 heterocycles. The van der Waals surface area contributed by atoms with E-state index in [1.54, 1.807) is 0 Å². The van der Waals surface area contributed by atoms with Crippen molar-refractivity contribution in [3.63, 3.8) is 0 Å². The first-order valence-electron chi connectivity index (χ1n) is 8.63. The van der Waals surface area contributed by atoms with Crippen LogP contribution < -0.4 is 0 Å². The molecule has 0 radical (unpaired) electrons. The lowest BCUT2D eigenvalue weighted by molar-refractivity contribution is -0.137. The van der Waals surface area contributed by atoms with Gasteiger partial charge in [0.25, 0.3) is 0 Å². The zero-order valence-electron chi connectivity index (χ0n) is 13.9. The van der Waals surface area contributed by atoms with Gasteiger partial charge in [-0.25, -0.2) is 0 Å². The molecule has 0 aromatic heterocycles. The number of carbonyl (C=O) groups excluding carboxylic acids is 1. The molecule has 2 unspecified atom stereocenters. The van der Waals surface area contributed by atoms with Gasteiger partial charge in [-0.15, -0.1) is 0 Å². The molecule has 0 saturated carbocycles. The first-order valence-corrected chi connectivity index (χ1v) is 8.63. The Labute approximate surface area is 138 Å². The number of unbranched alkanes of at least 4 members (excludes halogenated alkanes) is 3. The molecule has 1 aliphatic heterocycles. The lowest BCUT2D eigenvalue weighted by Gasteiger charge is -2.27. The Hall–Kier alpha value is -1.84. The summed E-state index contributed by atoms with van der Waals surface area (Å²) in [4.78, 5) is 24.8. The maximum Gasteiger partial charge on any atom is 0.303 e. The molecule has 0 spiro atoms. The Balaban J connectivity index is 1.80. The van der Waals surface area contributed by atoms with Gasteiger partial charge in [0, 0.05) is 25.4 Å². The smallest absolute Gasteiger partial charge is 0.303 e. The van der Waals surface area contributed by atoms with Crippen LogP contribution in [0.1, 0.15) is 57.4 Å². The summed E-state index contributed by atoms with van der Waals surface area (Å²) in [6.45, 7) is 2.87. The number of hydrogen-bond acceptors (Lipinski definition) is 2. The average Bonchev–Trinajstić information content (AvgIpc) is 2.78. The number of carboxylic acids is 1. The van der Waals surface area contributed by atoms with E-state index < -0.39 is 5.97 Å².